The number of para-hydroxylation sites is 1. The highest BCUT2D eigenvalue weighted by atomic mass is 16.7. The van der Waals surface area contributed by atoms with Gasteiger partial charge in [0.2, 0.25) is 6.79 Å². The first-order chi connectivity index (χ1) is 9.86. The maximum absolute atomic E-state index is 8.95. The van der Waals surface area contributed by atoms with Crippen LogP contribution in [0.3, 0.4) is 0 Å². The van der Waals surface area contributed by atoms with Crippen LogP contribution >= 0.6 is 0 Å². The lowest BCUT2D eigenvalue weighted by atomic mass is 10.1. The third kappa shape index (κ3) is 2.67. The van der Waals surface area contributed by atoms with Gasteiger partial charge in [0, 0.05) is 24.9 Å². The Bertz CT molecular complexity index is 601. The summed E-state index contributed by atoms with van der Waals surface area (Å²) in [6.07, 6.45) is 2.37. The normalized spacial score (nSPS) is 12.4. The molecule has 0 saturated heterocycles. The Hall–Kier alpha value is -2.27. The average Bonchev–Trinajstić information content (AvgIpc) is 2.95. The van der Waals surface area contributed by atoms with Crippen LogP contribution < -0.4 is 14.8 Å². The zero-order valence-electron chi connectivity index (χ0n) is 11.0. The van der Waals surface area contributed by atoms with Crippen LogP contribution in [0.5, 0.6) is 11.5 Å². The van der Waals surface area contributed by atoms with Gasteiger partial charge in [-0.15, -0.1) is 0 Å². The van der Waals surface area contributed by atoms with Gasteiger partial charge in [-0.25, -0.2) is 4.98 Å². The Morgan fingerprint density at radius 1 is 1.25 bits per heavy atom. The summed E-state index contributed by atoms with van der Waals surface area (Å²) >= 11 is 0. The second kappa shape index (κ2) is 5.79. The van der Waals surface area contributed by atoms with E-state index >= 15 is 0 Å². The van der Waals surface area contributed by atoms with Crippen LogP contribution in [0.15, 0.2) is 36.5 Å². The molecule has 0 spiro atoms. The summed E-state index contributed by atoms with van der Waals surface area (Å²) in [6, 6.07) is 9.68. The highest BCUT2D eigenvalue weighted by molar-refractivity contribution is 5.50. The topological polar surface area (TPSA) is 63.6 Å². The molecule has 0 unspecified atom stereocenters. The van der Waals surface area contributed by atoms with Gasteiger partial charge in [0.15, 0.2) is 11.5 Å². The number of hydrogen-bond donors (Lipinski definition) is 2. The first kappa shape index (κ1) is 12.7. The van der Waals surface area contributed by atoms with Gasteiger partial charge in [0.05, 0.1) is 0 Å². The summed E-state index contributed by atoms with van der Waals surface area (Å²) in [7, 11) is 0. The Morgan fingerprint density at radius 3 is 3.10 bits per heavy atom. The Kier molecular flexibility index (Phi) is 3.69. The Morgan fingerprint density at radius 2 is 2.20 bits per heavy atom. The highest BCUT2D eigenvalue weighted by Crippen LogP contribution is 2.35. The van der Waals surface area contributed by atoms with Gasteiger partial charge in [-0.2, -0.15) is 0 Å². The number of rotatable bonds is 5. The number of fused-ring (bicyclic) bond motifs is 1. The summed E-state index contributed by atoms with van der Waals surface area (Å²) < 4.78 is 10.8. The third-order valence-electron chi connectivity index (χ3n) is 3.16. The molecule has 1 aromatic carbocycles. The summed E-state index contributed by atoms with van der Waals surface area (Å²) in [6.45, 7) is 1.03. The Balaban J connectivity index is 1.71. The fourth-order valence-electron chi connectivity index (χ4n) is 2.17. The SMILES string of the molecule is OCCc1ccnc(NCc2cccc3c2OCO3)c1. The van der Waals surface area contributed by atoms with Crippen LogP contribution in [0.25, 0.3) is 0 Å². The van der Waals surface area contributed by atoms with E-state index in [1.54, 1.807) is 6.20 Å². The van der Waals surface area contributed by atoms with E-state index in [9.17, 15) is 0 Å². The second-order valence-electron chi connectivity index (χ2n) is 4.53. The van der Waals surface area contributed by atoms with Crippen LogP contribution in [0.1, 0.15) is 11.1 Å². The van der Waals surface area contributed by atoms with Gasteiger partial charge >= 0.3 is 0 Å². The molecular formula is C15H16N2O3. The van der Waals surface area contributed by atoms with E-state index in [2.05, 4.69) is 10.3 Å². The monoisotopic (exact) mass is 272 g/mol. The lowest BCUT2D eigenvalue weighted by molar-refractivity contribution is 0.173. The van der Waals surface area contributed by atoms with Crippen molar-refractivity contribution in [3.63, 3.8) is 0 Å². The van der Waals surface area contributed by atoms with Gasteiger partial charge in [-0.05, 0) is 30.2 Å². The minimum atomic E-state index is 0.140. The molecule has 0 bridgehead atoms. The van der Waals surface area contributed by atoms with Crippen LogP contribution in [-0.2, 0) is 13.0 Å². The molecule has 5 heteroatoms. The fourth-order valence-corrected chi connectivity index (χ4v) is 2.17. The number of aliphatic hydroxyl groups excluding tert-OH is 1. The van der Waals surface area contributed by atoms with Gasteiger partial charge < -0.3 is 19.9 Å². The summed E-state index contributed by atoms with van der Waals surface area (Å²) in [5.74, 6) is 2.37. The number of anilines is 1. The fraction of sp³-hybridized carbons (Fsp3) is 0.267. The van der Waals surface area contributed by atoms with Crippen molar-refractivity contribution in [2.75, 3.05) is 18.7 Å². The molecule has 2 heterocycles. The van der Waals surface area contributed by atoms with Gasteiger partial charge in [-0.3, -0.25) is 0 Å². The third-order valence-corrected chi connectivity index (χ3v) is 3.16. The van der Waals surface area contributed by atoms with Crippen molar-refractivity contribution in [2.45, 2.75) is 13.0 Å². The maximum atomic E-state index is 8.95. The molecule has 5 nitrogen and oxygen atoms in total. The summed E-state index contributed by atoms with van der Waals surface area (Å²) in [4.78, 5) is 4.27. The van der Waals surface area contributed by atoms with Crippen molar-refractivity contribution in [1.29, 1.82) is 0 Å². The molecule has 2 N–H and O–H groups in total. The quantitative estimate of drug-likeness (QED) is 0.871. The lowest BCUT2D eigenvalue weighted by Crippen LogP contribution is -2.03. The molecule has 0 amide bonds. The van der Waals surface area contributed by atoms with Crippen LogP contribution in [0.4, 0.5) is 5.82 Å². The van der Waals surface area contributed by atoms with Gasteiger partial charge in [-0.1, -0.05) is 12.1 Å². The summed E-state index contributed by atoms with van der Waals surface area (Å²) in [5, 5.41) is 12.2. The number of pyridine rings is 1. The van der Waals surface area contributed by atoms with Crippen molar-refractivity contribution in [1.82, 2.24) is 4.98 Å². The predicted molar refractivity (Wildman–Crippen MR) is 74.9 cm³/mol. The predicted octanol–water partition coefficient (Wildman–Crippen LogP) is 1.96. The molecule has 20 heavy (non-hydrogen) atoms. The van der Waals surface area contributed by atoms with E-state index in [1.807, 2.05) is 30.3 Å². The molecule has 0 atom stereocenters. The van der Waals surface area contributed by atoms with E-state index < -0.39 is 0 Å². The van der Waals surface area contributed by atoms with Crippen molar-refractivity contribution in [2.24, 2.45) is 0 Å². The molecule has 1 aliphatic rings. The number of aliphatic hydroxyl groups is 1. The maximum Gasteiger partial charge on any atom is 0.231 e. The second-order valence-corrected chi connectivity index (χ2v) is 4.53. The largest absolute Gasteiger partial charge is 0.454 e. The van der Waals surface area contributed by atoms with Crippen molar-refractivity contribution in [3.05, 3.63) is 47.7 Å². The number of hydrogen-bond acceptors (Lipinski definition) is 5. The zero-order chi connectivity index (χ0) is 13.8. The van der Waals surface area contributed by atoms with Crippen molar-refractivity contribution < 1.29 is 14.6 Å². The molecule has 3 rings (SSSR count). The summed E-state index contributed by atoms with van der Waals surface area (Å²) in [5.41, 5.74) is 2.09. The zero-order valence-corrected chi connectivity index (χ0v) is 11.0. The van der Waals surface area contributed by atoms with Crippen molar-refractivity contribution >= 4 is 5.82 Å². The molecule has 2 aromatic rings. The number of aromatic nitrogens is 1. The van der Waals surface area contributed by atoms with Crippen LogP contribution in [0, 0.1) is 0 Å². The first-order valence-corrected chi connectivity index (χ1v) is 6.54. The van der Waals surface area contributed by atoms with E-state index in [0.717, 1.165) is 28.4 Å². The number of ether oxygens (including phenoxy) is 2. The van der Waals surface area contributed by atoms with Crippen molar-refractivity contribution in [3.8, 4) is 11.5 Å². The average molecular weight is 272 g/mol. The Labute approximate surface area is 117 Å². The molecule has 0 fully saturated rings. The van der Waals surface area contributed by atoms with Gasteiger partial charge in [0.25, 0.3) is 0 Å². The first-order valence-electron chi connectivity index (χ1n) is 6.54. The molecule has 0 aliphatic carbocycles. The minimum absolute atomic E-state index is 0.140. The number of nitrogens with zero attached hydrogens (tertiary/aromatic N) is 1. The molecular weight excluding hydrogens is 256 g/mol. The molecule has 104 valence electrons. The smallest absolute Gasteiger partial charge is 0.231 e. The van der Waals surface area contributed by atoms with Gasteiger partial charge in [0.1, 0.15) is 5.82 Å². The number of benzene rings is 1. The van der Waals surface area contributed by atoms with E-state index in [4.69, 9.17) is 14.6 Å². The lowest BCUT2D eigenvalue weighted by Gasteiger charge is -2.09. The highest BCUT2D eigenvalue weighted by Gasteiger charge is 2.16. The standard InChI is InChI=1S/C15H16N2O3/c18-7-5-11-4-6-16-14(8-11)17-9-12-2-1-3-13-15(12)20-10-19-13/h1-4,6,8,18H,5,7,9-10H2,(H,16,17). The molecule has 1 aromatic heterocycles. The molecule has 1 aliphatic heterocycles. The minimum Gasteiger partial charge on any atom is -0.454 e. The molecule has 0 saturated carbocycles. The molecule has 0 radical (unpaired) electrons. The van der Waals surface area contributed by atoms with E-state index in [0.29, 0.717) is 13.0 Å². The van der Waals surface area contributed by atoms with E-state index in [1.165, 1.54) is 0 Å². The van der Waals surface area contributed by atoms with Crippen LogP contribution in [0.2, 0.25) is 0 Å². The van der Waals surface area contributed by atoms with E-state index in [-0.39, 0.29) is 13.4 Å². The number of nitrogens with one attached hydrogen (secondary N) is 1. The van der Waals surface area contributed by atoms with Crippen LogP contribution in [-0.4, -0.2) is 23.5 Å².